The fourth-order valence-corrected chi connectivity index (χ4v) is 2.77. The lowest BCUT2D eigenvalue weighted by atomic mass is 9.83. The minimum absolute atomic E-state index is 0.0426. The van der Waals surface area contributed by atoms with E-state index in [4.69, 9.17) is 10.5 Å². The Morgan fingerprint density at radius 1 is 1.40 bits per heavy atom. The number of hydrogen-bond donors (Lipinski definition) is 2. The van der Waals surface area contributed by atoms with E-state index in [9.17, 15) is 4.79 Å². The molecule has 20 heavy (non-hydrogen) atoms. The highest BCUT2D eigenvalue weighted by Gasteiger charge is 2.24. The zero-order chi connectivity index (χ0) is 14.4. The second-order valence-corrected chi connectivity index (χ2v) is 5.42. The van der Waals surface area contributed by atoms with E-state index in [-0.39, 0.29) is 11.9 Å². The summed E-state index contributed by atoms with van der Waals surface area (Å²) in [4.78, 5) is 12.1. The molecule has 0 saturated heterocycles. The van der Waals surface area contributed by atoms with Gasteiger partial charge in [0.2, 0.25) is 5.91 Å². The molecule has 2 rings (SSSR count). The van der Waals surface area contributed by atoms with Gasteiger partial charge in [-0.1, -0.05) is 18.9 Å². The third kappa shape index (κ3) is 4.23. The average molecular weight is 276 g/mol. The number of hydrogen-bond acceptors (Lipinski definition) is 3. The summed E-state index contributed by atoms with van der Waals surface area (Å²) in [6.07, 6.45) is 4.99. The van der Waals surface area contributed by atoms with Crippen LogP contribution < -0.4 is 15.8 Å². The Balaban J connectivity index is 1.88. The summed E-state index contributed by atoms with van der Waals surface area (Å²) in [7, 11) is 0. The van der Waals surface area contributed by atoms with E-state index in [1.807, 2.05) is 31.2 Å². The molecule has 1 amide bonds. The van der Waals surface area contributed by atoms with Crippen molar-refractivity contribution in [2.75, 3.05) is 11.9 Å². The van der Waals surface area contributed by atoms with Gasteiger partial charge in [0.15, 0.2) is 0 Å². The van der Waals surface area contributed by atoms with E-state index < -0.39 is 0 Å². The second kappa shape index (κ2) is 7.29. The summed E-state index contributed by atoms with van der Waals surface area (Å²) in [5.41, 5.74) is 6.87. The first-order valence-electron chi connectivity index (χ1n) is 7.47. The number of anilines is 1. The van der Waals surface area contributed by atoms with Crippen molar-refractivity contribution in [1.29, 1.82) is 0 Å². The molecule has 1 aromatic rings. The fourth-order valence-electron chi connectivity index (χ4n) is 2.77. The molecule has 3 N–H and O–H groups in total. The van der Waals surface area contributed by atoms with Crippen LogP contribution in [0.25, 0.3) is 0 Å². The second-order valence-electron chi connectivity index (χ2n) is 5.42. The molecule has 1 aliphatic carbocycles. The van der Waals surface area contributed by atoms with Crippen LogP contribution in [0.2, 0.25) is 0 Å². The zero-order valence-electron chi connectivity index (χ0n) is 12.1. The first-order valence-corrected chi connectivity index (χ1v) is 7.47. The summed E-state index contributed by atoms with van der Waals surface area (Å²) in [5, 5.41) is 2.93. The van der Waals surface area contributed by atoms with Gasteiger partial charge >= 0.3 is 0 Å². The number of amides is 1. The van der Waals surface area contributed by atoms with Gasteiger partial charge in [0.1, 0.15) is 5.75 Å². The third-order valence-corrected chi connectivity index (χ3v) is 3.84. The molecule has 0 aliphatic heterocycles. The van der Waals surface area contributed by atoms with Crippen LogP contribution in [0.1, 0.15) is 39.0 Å². The molecular formula is C16H24N2O2. The minimum Gasteiger partial charge on any atom is -0.494 e. The van der Waals surface area contributed by atoms with Crippen molar-refractivity contribution in [3.63, 3.8) is 0 Å². The molecule has 4 heteroatoms. The van der Waals surface area contributed by atoms with Crippen LogP contribution in [0, 0.1) is 5.92 Å². The maximum atomic E-state index is 12.1. The Kier molecular flexibility index (Phi) is 5.41. The highest BCUT2D eigenvalue weighted by atomic mass is 16.5. The van der Waals surface area contributed by atoms with E-state index >= 15 is 0 Å². The number of benzene rings is 1. The van der Waals surface area contributed by atoms with Crippen molar-refractivity contribution in [3.8, 4) is 5.75 Å². The molecule has 0 radical (unpaired) electrons. The topological polar surface area (TPSA) is 64.3 Å². The van der Waals surface area contributed by atoms with Crippen molar-refractivity contribution in [1.82, 2.24) is 0 Å². The molecular weight excluding hydrogens is 252 g/mol. The highest BCUT2D eigenvalue weighted by Crippen LogP contribution is 2.26. The lowest BCUT2D eigenvalue weighted by Crippen LogP contribution is -2.35. The third-order valence-electron chi connectivity index (χ3n) is 3.84. The van der Waals surface area contributed by atoms with Gasteiger partial charge in [-0.25, -0.2) is 0 Å². The summed E-state index contributed by atoms with van der Waals surface area (Å²) in [6.45, 7) is 2.56. The van der Waals surface area contributed by atoms with Crippen molar-refractivity contribution in [2.45, 2.75) is 45.1 Å². The molecule has 4 nitrogen and oxygen atoms in total. The molecule has 0 spiro atoms. The normalized spacial score (nSPS) is 22.3. The lowest BCUT2D eigenvalue weighted by Gasteiger charge is -2.27. The summed E-state index contributed by atoms with van der Waals surface area (Å²) in [5.74, 6) is 1.14. The monoisotopic (exact) mass is 276 g/mol. The van der Waals surface area contributed by atoms with E-state index in [2.05, 4.69) is 5.32 Å². The molecule has 2 unspecified atom stereocenters. The van der Waals surface area contributed by atoms with Crippen molar-refractivity contribution in [2.24, 2.45) is 11.7 Å². The quantitative estimate of drug-likeness (QED) is 0.869. The van der Waals surface area contributed by atoms with Gasteiger partial charge in [0.05, 0.1) is 6.61 Å². The molecule has 1 aliphatic rings. The summed E-state index contributed by atoms with van der Waals surface area (Å²) >= 11 is 0. The predicted octanol–water partition coefficient (Wildman–Crippen LogP) is 2.93. The maximum absolute atomic E-state index is 12.1. The molecule has 0 heterocycles. The van der Waals surface area contributed by atoms with Crippen LogP contribution in [-0.4, -0.2) is 18.6 Å². The van der Waals surface area contributed by atoms with Crippen LogP contribution in [0.5, 0.6) is 5.75 Å². The number of carbonyl (C=O) groups excluding carboxylic acids is 1. The van der Waals surface area contributed by atoms with Gasteiger partial charge in [0, 0.05) is 24.2 Å². The summed E-state index contributed by atoms with van der Waals surface area (Å²) < 4.78 is 5.42. The van der Waals surface area contributed by atoms with E-state index in [1.165, 1.54) is 12.8 Å². The van der Waals surface area contributed by atoms with Gasteiger partial charge in [-0.15, -0.1) is 0 Å². The highest BCUT2D eigenvalue weighted by molar-refractivity contribution is 5.91. The predicted molar refractivity (Wildman–Crippen MR) is 80.8 cm³/mol. The Morgan fingerprint density at radius 2 is 2.20 bits per heavy atom. The van der Waals surface area contributed by atoms with Gasteiger partial charge < -0.3 is 15.8 Å². The maximum Gasteiger partial charge on any atom is 0.224 e. The number of ether oxygens (including phenoxy) is 1. The van der Waals surface area contributed by atoms with Crippen molar-refractivity contribution < 1.29 is 9.53 Å². The van der Waals surface area contributed by atoms with Crippen molar-refractivity contribution in [3.05, 3.63) is 24.3 Å². The first-order chi connectivity index (χ1) is 9.69. The molecule has 0 aromatic heterocycles. The van der Waals surface area contributed by atoms with Crippen molar-refractivity contribution >= 4 is 11.6 Å². The van der Waals surface area contributed by atoms with E-state index in [0.717, 1.165) is 24.3 Å². The Morgan fingerprint density at radius 3 is 2.95 bits per heavy atom. The molecule has 1 aromatic carbocycles. The number of carbonyl (C=O) groups is 1. The molecule has 1 fully saturated rings. The fraction of sp³-hybridized carbons (Fsp3) is 0.562. The van der Waals surface area contributed by atoms with Crippen LogP contribution in [-0.2, 0) is 4.79 Å². The van der Waals surface area contributed by atoms with Crippen LogP contribution >= 0.6 is 0 Å². The van der Waals surface area contributed by atoms with Gasteiger partial charge in [-0.05, 0) is 37.8 Å². The van der Waals surface area contributed by atoms with Crippen LogP contribution in [0.15, 0.2) is 24.3 Å². The molecule has 1 saturated carbocycles. The minimum atomic E-state index is 0.0426. The first kappa shape index (κ1) is 14.9. The summed E-state index contributed by atoms with van der Waals surface area (Å²) in [6, 6.07) is 7.66. The van der Waals surface area contributed by atoms with Gasteiger partial charge in [0.25, 0.3) is 0 Å². The smallest absolute Gasteiger partial charge is 0.224 e. The van der Waals surface area contributed by atoms with E-state index in [1.54, 1.807) is 0 Å². The lowest BCUT2D eigenvalue weighted by molar-refractivity contribution is -0.117. The van der Waals surface area contributed by atoms with Crippen LogP contribution in [0.3, 0.4) is 0 Å². The number of nitrogens with one attached hydrogen (secondary N) is 1. The molecule has 0 bridgehead atoms. The SMILES string of the molecule is CCOc1cccc(NC(=O)CC2CCCCC2N)c1. The Bertz CT molecular complexity index is 448. The zero-order valence-corrected chi connectivity index (χ0v) is 12.1. The number of nitrogens with two attached hydrogens (primary N) is 1. The number of rotatable bonds is 5. The standard InChI is InChI=1S/C16H24N2O2/c1-2-20-14-8-5-7-13(11-14)18-16(19)10-12-6-3-4-9-15(12)17/h5,7-8,11-12,15H,2-4,6,9-10,17H2,1H3,(H,18,19). The molecule has 110 valence electrons. The largest absolute Gasteiger partial charge is 0.494 e. The van der Waals surface area contributed by atoms with E-state index in [0.29, 0.717) is 18.9 Å². The Hall–Kier alpha value is -1.55. The Labute approximate surface area is 120 Å². The van der Waals surface area contributed by atoms with Gasteiger partial charge in [-0.2, -0.15) is 0 Å². The van der Waals surface area contributed by atoms with Gasteiger partial charge in [-0.3, -0.25) is 4.79 Å². The molecule has 2 atom stereocenters. The average Bonchev–Trinajstić information content (AvgIpc) is 2.42. The van der Waals surface area contributed by atoms with Crippen LogP contribution in [0.4, 0.5) is 5.69 Å².